The first kappa shape index (κ1) is 16.0. The van der Waals surface area contributed by atoms with Crippen LogP contribution < -0.4 is 10.6 Å². The Kier molecular flexibility index (Phi) is 6.91. The van der Waals surface area contributed by atoms with Crippen LogP contribution in [0, 0.1) is 0 Å². The van der Waals surface area contributed by atoms with E-state index in [0.29, 0.717) is 13.0 Å². The molecule has 0 aliphatic carbocycles. The Labute approximate surface area is 123 Å². The minimum Gasteiger partial charge on any atom is -0.357 e. The molecule has 0 aromatic carbocycles. The Morgan fingerprint density at radius 3 is 2.84 bits per heavy atom. The van der Waals surface area contributed by atoms with Crippen molar-refractivity contribution in [2.45, 2.75) is 32.7 Å². The van der Waals surface area contributed by atoms with Gasteiger partial charge in [-0.3, -0.25) is 4.79 Å². The molecule has 0 aromatic heterocycles. The molecular formula is C13H23BrN4O. The molecule has 1 saturated heterocycles. The summed E-state index contributed by atoms with van der Waals surface area (Å²) in [5, 5.41) is 6.56. The van der Waals surface area contributed by atoms with Crippen LogP contribution in [0.5, 0.6) is 0 Å². The third kappa shape index (κ3) is 5.63. The highest BCUT2D eigenvalue weighted by atomic mass is 79.9. The zero-order chi connectivity index (χ0) is 14.3. The predicted octanol–water partition coefficient (Wildman–Crippen LogP) is 1.46. The lowest BCUT2D eigenvalue weighted by Crippen LogP contribution is -2.45. The molecule has 19 heavy (non-hydrogen) atoms. The van der Waals surface area contributed by atoms with Crippen molar-refractivity contribution in [3.05, 3.63) is 11.1 Å². The summed E-state index contributed by atoms with van der Waals surface area (Å²) >= 11 is 3.29. The fourth-order valence-electron chi connectivity index (χ4n) is 2.01. The van der Waals surface area contributed by atoms with Crippen LogP contribution in [0.3, 0.4) is 0 Å². The van der Waals surface area contributed by atoms with Crippen LogP contribution in [0.2, 0.25) is 0 Å². The number of halogens is 1. The summed E-state index contributed by atoms with van der Waals surface area (Å²) in [6.45, 7) is 10.6. The lowest BCUT2D eigenvalue weighted by molar-refractivity contribution is -0.129. The van der Waals surface area contributed by atoms with E-state index in [0.717, 1.165) is 36.5 Å². The van der Waals surface area contributed by atoms with Crippen LogP contribution in [0.4, 0.5) is 0 Å². The minimum absolute atomic E-state index is 0.222. The van der Waals surface area contributed by atoms with Gasteiger partial charge in [-0.25, -0.2) is 4.99 Å². The number of nitrogens with one attached hydrogen (secondary N) is 2. The first-order chi connectivity index (χ1) is 9.06. The van der Waals surface area contributed by atoms with Crippen LogP contribution in [0.1, 0.15) is 26.7 Å². The molecule has 1 unspecified atom stereocenters. The maximum absolute atomic E-state index is 11.6. The number of hydrogen-bond acceptors (Lipinski definition) is 2. The zero-order valence-corrected chi connectivity index (χ0v) is 13.3. The van der Waals surface area contributed by atoms with E-state index in [2.05, 4.69) is 38.1 Å². The fraction of sp³-hybridized carbons (Fsp3) is 0.692. The van der Waals surface area contributed by atoms with Crippen LogP contribution in [-0.4, -0.2) is 49.0 Å². The van der Waals surface area contributed by atoms with Crippen LogP contribution >= 0.6 is 15.9 Å². The molecule has 1 heterocycles. The average Bonchev–Trinajstić information content (AvgIpc) is 2.83. The Balaban J connectivity index is 2.49. The number of likely N-dealkylation sites (tertiary alicyclic amines) is 1. The van der Waals surface area contributed by atoms with Crippen LogP contribution in [-0.2, 0) is 4.79 Å². The summed E-state index contributed by atoms with van der Waals surface area (Å²) in [6.07, 6.45) is 1.54. The van der Waals surface area contributed by atoms with E-state index < -0.39 is 0 Å². The van der Waals surface area contributed by atoms with Gasteiger partial charge in [-0.15, -0.1) is 0 Å². The van der Waals surface area contributed by atoms with E-state index in [9.17, 15) is 4.79 Å². The summed E-state index contributed by atoms with van der Waals surface area (Å²) < 4.78 is 0.846. The Morgan fingerprint density at radius 2 is 2.26 bits per heavy atom. The largest absolute Gasteiger partial charge is 0.357 e. The van der Waals surface area contributed by atoms with Crippen molar-refractivity contribution in [1.82, 2.24) is 15.5 Å². The van der Waals surface area contributed by atoms with Gasteiger partial charge in [-0.1, -0.05) is 29.4 Å². The SMILES string of the molecule is C=C(Br)CN=C(NCC)NC1CCN(C(=O)CC)C1. The number of rotatable bonds is 5. The highest BCUT2D eigenvalue weighted by molar-refractivity contribution is 9.11. The Bertz CT molecular complexity index is 357. The van der Waals surface area contributed by atoms with Crippen molar-refractivity contribution in [3.8, 4) is 0 Å². The lowest BCUT2D eigenvalue weighted by Gasteiger charge is -2.18. The molecule has 1 rings (SSSR count). The Hall–Kier alpha value is -1.04. The van der Waals surface area contributed by atoms with Gasteiger partial charge in [-0.2, -0.15) is 0 Å². The van der Waals surface area contributed by atoms with E-state index in [1.807, 2.05) is 18.7 Å². The normalized spacial score (nSPS) is 19.4. The molecule has 1 fully saturated rings. The topological polar surface area (TPSA) is 56.7 Å². The van der Waals surface area contributed by atoms with Crippen molar-refractivity contribution in [2.24, 2.45) is 4.99 Å². The van der Waals surface area contributed by atoms with Crippen molar-refractivity contribution in [2.75, 3.05) is 26.2 Å². The summed E-state index contributed by atoms with van der Waals surface area (Å²) in [5.41, 5.74) is 0. The van der Waals surface area contributed by atoms with Crippen molar-refractivity contribution in [3.63, 3.8) is 0 Å². The van der Waals surface area contributed by atoms with Gasteiger partial charge in [0.25, 0.3) is 0 Å². The predicted molar refractivity (Wildman–Crippen MR) is 82.5 cm³/mol. The van der Waals surface area contributed by atoms with Gasteiger partial charge in [0.05, 0.1) is 6.54 Å². The quantitative estimate of drug-likeness (QED) is 0.592. The molecule has 5 nitrogen and oxygen atoms in total. The molecule has 1 aliphatic rings. The molecule has 6 heteroatoms. The highest BCUT2D eigenvalue weighted by Crippen LogP contribution is 2.10. The second-order valence-electron chi connectivity index (χ2n) is 4.54. The second-order valence-corrected chi connectivity index (χ2v) is 5.66. The molecule has 1 atom stereocenters. The number of aliphatic imine (C=N–C) groups is 1. The van der Waals surface area contributed by atoms with Gasteiger partial charge in [0.1, 0.15) is 0 Å². The first-order valence-electron chi connectivity index (χ1n) is 6.72. The molecule has 0 spiro atoms. The Morgan fingerprint density at radius 1 is 1.53 bits per heavy atom. The minimum atomic E-state index is 0.222. The third-order valence-corrected chi connectivity index (χ3v) is 3.19. The number of amides is 1. The molecular weight excluding hydrogens is 308 g/mol. The number of guanidine groups is 1. The maximum Gasteiger partial charge on any atom is 0.222 e. The number of hydrogen-bond donors (Lipinski definition) is 2. The molecule has 0 aromatic rings. The number of carbonyl (C=O) groups excluding carboxylic acids is 1. The number of carbonyl (C=O) groups is 1. The van der Waals surface area contributed by atoms with E-state index >= 15 is 0 Å². The monoisotopic (exact) mass is 330 g/mol. The van der Waals surface area contributed by atoms with Crippen molar-refractivity contribution >= 4 is 27.8 Å². The average molecular weight is 331 g/mol. The second kappa shape index (κ2) is 8.19. The molecule has 0 saturated carbocycles. The van der Waals surface area contributed by atoms with Gasteiger partial charge in [-0.05, 0) is 13.3 Å². The first-order valence-corrected chi connectivity index (χ1v) is 7.52. The smallest absolute Gasteiger partial charge is 0.222 e. The zero-order valence-electron chi connectivity index (χ0n) is 11.7. The van der Waals surface area contributed by atoms with Gasteiger partial charge in [0, 0.05) is 36.6 Å². The van der Waals surface area contributed by atoms with Crippen molar-refractivity contribution in [1.29, 1.82) is 0 Å². The third-order valence-electron chi connectivity index (χ3n) is 2.94. The van der Waals surface area contributed by atoms with Crippen LogP contribution in [0.15, 0.2) is 16.1 Å². The molecule has 1 amide bonds. The molecule has 0 bridgehead atoms. The lowest BCUT2D eigenvalue weighted by atomic mass is 10.3. The van der Waals surface area contributed by atoms with E-state index in [1.54, 1.807) is 0 Å². The summed E-state index contributed by atoms with van der Waals surface area (Å²) in [6, 6.07) is 0.275. The van der Waals surface area contributed by atoms with Gasteiger partial charge in [0.2, 0.25) is 5.91 Å². The van der Waals surface area contributed by atoms with E-state index in [1.165, 1.54) is 0 Å². The molecule has 0 radical (unpaired) electrons. The summed E-state index contributed by atoms with van der Waals surface area (Å²) in [4.78, 5) is 17.9. The van der Waals surface area contributed by atoms with Gasteiger partial charge < -0.3 is 15.5 Å². The molecule has 108 valence electrons. The van der Waals surface area contributed by atoms with Gasteiger partial charge >= 0.3 is 0 Å². The maximum atomic E-state index is 11.6. The number of nitrogens with zero attached hydrogens (tertiary/aromatic N) is 2. The summed E-state index contributed by atoms with van der Waals surface area (Å²) in [7, 11) is 0. The molecule has 2 N–H and O–H groups in total. The van der Waals surface area contributed by atoms with E-state index in [4.69, 9.17) is 0 Å². The fourth-order valence-corrected chi connectivity index (χ4v) is 2.13. The summed E-state index contributed by atoms with van der Waals surface area (Å²) in [5.74, 6) is 0.999. The molecule has 1 aliphatic heterocycles. The highest BCUT2D eigenvalue weighted by Gasteiger charge is 2.25. The standard InChI is InChI=1S/C13H23BrN4O/c1-4-12(19)18-7-6-11(9-18)17-13(15-5-2)16-8-10(3)14/h11H,3-9H2,1-2H3,(H2,15,16,17). The van der Waals surface area contributed by atoms with Crippen LogP contribution in [0.25, 0.3) is 0 Å². The van der Waals surface area contributed by atoms with Gasteiger partial charge in [0.15, 0.2) is 5.96 Å². The van der Waals surface area contributed by atoms with Crippen molar-refractivity contribution < 1.29 is 4.79 Å². The van der Waals surface area contributed by atoms with E-state index in [-0.39, 0.29) is 11.9 Å².